The lowest BCUT2D eigenvalue weighted by Crippen LogP contribution is -2.50. The normalized spacial score (nSPS) is 21.8. The number of carboxylic acids is 2. The molecule has 1 heterocycles. The topological polar surface area (TPSA) is 109 Å². The number of ether oxygens (including phenoxy) is 3. The van der Waals surface area contributed by atoms with Crippen LogP contribution in [0.2, 0.25) is 0 Å². The highest BCUT2D eigenvalue weighted by Gasteiger charge is 2.27. The van der Waals surface area contributed by atoms with E-state index >= 15 is 0 Å². The molecule has 1 aliphatic heterocycles. The third kappa shape index (κ3) is 7.27. The number of benzene rings is 1. The Morgan fingerprint density at radius 2 is 1.38 bits per heavy atom. The summed E-state index contributed by atoms with van der Waals surface area (Å²) in [5.41, 5.74) is 1.21. The van der Waals surface area contributed by atoms with Crippen LogP contribution in [0.3, 0.4) is 0 Å². The number of hydrogen-bond acceptors (Lipinski definition) is 7. The summed E-state index contributed by atoms with van der Waals surface area (Å²) in [5, 5.41) is 14.8. The fourth-order valence-corrected chi connectivity index (χ4v) is 4.38. The molecule has 0 spiro atoms. The minimum Gasteiger partial charge on any atom is -0.493 e. The largest absolute Gasteiger partial charge is 0.493 e. The Kier molecular flexibility index (Phi) is 10.1. The molecule has 1 saturated carbocycles. The van der Waals surface area contributed by atoms with Crippen molar-refractivity contribution < 1.29 is 34.0 Å². The van der Waals surface area contributed by atoms with Gasteiger partial charge in [-0.3, -0.25) is 9.80 Å². The number of nitrogens with zero attached hydrogens (tertiary/aromatic N) is 2. The zero-order valence-electron chi connectivity index (χ0n) is 19.5. The molecule has 2 aliphatic rings. The van der Waals surface area contributed by atoms with Gasteiger partial charge in [-0.15, -0.1) is 0 Å². The number of piperazine rings is 1. The average Bonchev–Trinajstić information content (AvgIpc) is 2.79. The molecule has 0 bridgehead atoms. The van der Waals surface area contributed by atoms with Gasteiger partial charge in [0.25, 0.3) is 0 Å². The van der Waals surface area contributed by atoms with Crippen molar-refractivity contribution >= 4 is 11.9 Å². The number of methoxy groups -OCH3 is 3. The summed E-state index contributed by atoms with van der Waals surface area (Å²) in [6.45, 7) is 7.94. The van der Waals surface area contributed by atoms with Crippen LogP contribution in [0.4, 0.5) is 0 Å². The van der Waals surface area contributed by atoms with E-state index in [1.54, 1.807) is 21.3 Å². The number of rotatable bonds is 6. The van der Waals surface area contributed by atoms with Gasteiger partial charge in [-0.2, -0.15) is 0 Å². The highest BCUT2D eigenvalue weighted by molar-refractivity contribution is 6.27. The molecular weight excluding hydrogens is 416 g/mol. The molecule has 1 aromatic rings. The number of aliphatic carboxylic acids is 2. The first-order valence-electron chi connectivity index (χ1n) is 11.0. The first kappa shape index (κ1) is 25.7. The Balaban J connectivity index is 0.000000534. The van der Waals surface area contributed by atoms with Crippen LogP contribution in [0.5, 0.6) is 17.2 Å². The van der Waals surface area contributed by atoms with Crippen LogP contribution < -0.4 is 14.2 Å². The highest BCUT2D eigenvalue weighted by atomic mass is 16.5. The van der Waals surface area contributed by atoms with Crippen molar-refractivity contribution in [2.45, 2.75) is 45.2 Å². The summed E-state index contributed by atoms with van der Waals surface area (Å²) in [6.07, 6.45) is 5.56. The molecule has 32 heavy (non-hydrogen) atoms. The summed E-state index contributed by atoms with van der Waals surface area (Å²) in [4.78, 5) is 23.4. The Morgan fingerprint density at radius 1 is 0.875 bits per heavy atom. The van der Waals surface area contributed by atoms with E-state index < -0.39 is 11.9 Å². The number of carboxylic acid groups (broad SMARTS) is 2. The monoisotopic (exact) mass is 452 g/mol. The van der Waals surface area contributed by atoms with E-state index in [-0.39, 0.29) is 0 Å². The van der Waals surface area contributed by atoms with Gasteiger partial charge in [-0.25, -0.2) is 9.59 Å². The molecule has 0 radical (unpaired) electrons. The Labute approximate surface area is 189 Å². The van der Waals surface area contributed by atoms with E-state index in [0.717, 1.165) is 43.1 Å². The zero-order valence-corrected chi connectivity index (χ0v) is 19.5. The second-order valence-corrected chi connectivity index (χ2v) is 8.37. The van der Waals surface area contributed by atoms with Gasteiger partial charge in [-0.1, -0.05) is 6.92 Å². The van der Waals surface area contributed by atoms with Crippen molar-refractivity contribution in [3.8, 4) is 17.2 Å². The van der Waals surface area contributed by atoms with Gasteiger partial charge >= 0.3 is 11.9 Å². The third-order valence-electron chi connectivity index (χ3n) is 6.22. The molecule has 9 nitrogen and oxygen atoms in total. The van der Waals surface area contributed by atoms with Crippen molar-refractivity contribution in [3.05, 3.63) is 17.7 Å². The van der Waals surface area contributed by atoms with Crippen molar-refractivity contribution in [2.24, 2.45) is 5.92 Å². The molecule has 3 rings (SSSR count). The Morgan fingerprint density at radius 3 is 1.78 bits per heavy atom. The maximum atomic E-state index is 9.10. The van der Waals surface area contributed by atoms with Gasteiger partial charge in [-0.05, 0) is 49.3 Å². The van der Waals surface area contributed by atoms with Gasteiger partial charge in [0.1, 0.15) is 0 Å². The summed E-state index contributed by atoms with van der Waals surface area (Å²) in [6, 6.07) is 4.95. The molecule has 2 fully saturated rings. The number of hydrogen-bond donors (Lipinski definition) is 2. The lowest BCUT2D eigenvalue weighted by molar-refractivity contribution is -0.159. The first-order chi connectivity index (χ1) is 15.3. The van der Waals surface area contributed by atoms with Crippen LogP contribution in [-0.2, 0) is 16.1 Å². The predicted molar refractivity (Wildman–Crippen MR) is 120 cm³/mol. The molecular formula is C23H36N2O7. The van der Waals surface area contributed by atoms with Crippen molar-refractivity contribution in [1.82, 2.24) is 9.80 Å². The molecule has 0 amide bonds. The van der Waals surface area contributed by atoms with E-state index in [9.17, 15) is 0 Å². The van der Waals surface area contributed by atoms with Gasteiger partial charge in [0.05, 0.1) is 21.3 Å². The molecule has 0 atom stereocenters. The number of carbonyl (C=O) groups is 2. The first-order valence-corrected chi connectivity index (χ1v) is 11.0. The summed E-state index contributed by atoms with van der Waals surface area (Å²) < 4.78 is 16.4. The minimum absolute atomic E-state index is 0.662. The van der Waals surface area contributed by atoms with Gasteiger partial charge in [0, 0.05) is 38.8 Å². The van der Waals surface area contributed by atoms with Crippen LogP contribution in [-0.4, -0.2) is 85.5 Å². The second-order valence-electron chi connectivity index (χ2n) is 8.37. The smallest absolute Gasteiger partial charge is 0.414 e. The van der Waals surface area contributed by atoms with Crippen molar-refractivity contribution in [2.75, 3.05) is 47.5 Å². The van der Waals surface area contributed by atoms with Gasteiger partial charge < -0.3 is 24.4 Å². The molecule has 0 unspecified atom stereocenters. The van der Waals surface area contributed by atoms with Crippen molar-refractivity contribution in [3.63, 3.8) is 0 Å². The predicted octanol–water partition coefficient (Wildman–Crippen LogP) is 2.56. The summed E-state index contributed by atoms with van der Waals surface area (Å²) in [7, 11) is 4.99. The molecule has 2 N–H and O–H groups in total. The Hall–Kier alpha value is -2.52. The quantitative estimate of drug-likeness (QED) is 0.630. The lowest BCUT2D eigenvalue weighted by Gasteiger charge is -2.41. The molecule has 180 valence electrons. The lowest BCUT2D eigenvalue weighted by atomic mass is 9.86. The molecule has 9 heteroatoms. The van der Waals surface area contributed by atoms with E-state index in [0.29, 0.717) is 5.75 Å². The van der Waals surface area contributed by atoms with Crippen LogP contribution >= 0.6 is 0 Å². The maximum Gasteiger partial charge on any atom is 0.414 e. The molecule has 1 saturated heterocycles. The second kappa shape index (κ2) is 12.5. The van der Waals surface area contributed by atoms with Gasteiger partial charge in [0.2, 0.25) is 5.75 Å². The summed E-state index contributed by atoms with van der Waals surface area (Å²) >= 11 is 0. The van der Waals surface area contributed by atoms with E-state index in [4.69, 9.17) is 34.0 Å². The van der Waals surface area contributed by atoms with Crippen LogP contribution in [0.1, 0.15) is 38.2 Å². The molecule has 1 aliphatic carbocycles. The standard InChI is InChI=1S/C21H34N2O3.C2H2O4/c1-16-5-7-18(8-6-16)23-11-9-22(10-12-23)15-17-13-19(24-2)21(26-4)20(14-17)25-3;3-1(4)2(5)6/h13-14,16,18H,5-12,15H2,1-4H3;(H,3,4)(H,5,6). The molecule has 1 aromatic carbocycles. The minimum atomic E-state index is -1.82. The average molecular weight is 453 g/mol. The van der Waals surface area contributed by atoms with E-state index in [2.05, 4.69) is 28.9 Å². The van der Waals surface area contributed by atoms with Crippen LogP contribution in [0.25, 0.3) is 0 Å². The fraction of sp³-hybridized carbons (Fsp3) is 0.652. The maximum absolute atomic E-state index is 9.10. The summed E-state index contributed by atoms with van der Waals surface area (Å²) in [5.74, 6) is -0.596. The fourth-order valence-electron chi connectivity index (χ4n) is 4.38. The Bertz CT molecular complexity index is 718. The molecule has 0 aromatic heterocycles. The third-order valence-corrected chi connectivity index (χ3v) is 6.22. The van der Waals surface area contributed by atoms with Crippen LogP contribution in [0.15, 0.2) is 12.1 Å². The van der Waals surface area contributed by atoms with E-state index in [1.807, 2.05) is 0 Å². The highest BCUT2D eigenvalue weighted by Crippen LogP contribution is 2.38. The van der Waals surface area contributed by atoms with Gasteiger partial charge in [0.15, 0.2) is 11.5 Å². The van der Waals surface area contributed by atoms with Crippen LogP contribution in [0, 0.1) is 5.92 Å². The SMILES string of the molecule is COc1cc(CN2CCN(C3CCC(C)CC3)CC2)cc(OC)c1OC.O=C(O)C(=O)O. The van der Waals surface area contributed by atoms with Crippen molar-refractivity contribution in [1.29, 1.82) is 0 Å². The van der Waals surface area contributed by atoms with E-state index in [1.165, 1.54) is 44.3 Å². The zero-order chi connectivity index (χ0) is 23.7.